The van der Waals surface area contributed by atoms with Crippen LogP contribution in [0.3, 0.4) is 0 Å². The number of piperidine rings is 1. The van der Waals surface area contributed by atoms with Gasteiger partial charge in [0.15, 0.2) is 5.78 Å². The van der Waals surface area contributed by atoms with Crippen molar-refractivity contribution in [1.29, 1.82) is 0 Å². The summed E-state index contributed by atoms with van der Waals surface area (Å²) >= 11 is 1.60. The molecule has 4 nitrogen and oxygen atoms in total. The fourth-order valence-corrected chi connectivity index (χ4v) is 4.26. The highest BCUT2D eigenvalue weighted by Crippen LogP contribution is 2.32. The monoisotopic (exact) mass is 321 g/mol. The lowest BCUT2D eigenvalue weighted by Gasteiger charge is -2.44. The summed E-state index contributed by atoms with van der Waals surface area (Å²) in [5.74, 6) is 0.350. The first-order valence-corrected chi connectivity index (χ1v) is 9.38. The Morgan fingerprint density at radius 1 is 1.18 bits per heavy atom. The van der Waals surface area contributed by atoms with Gasteiger partial charge in [0.1, 0.15) is 10.0 Å². The molecule has 2 heterocycles. The van der Waals surface area contributed by atoms with Crippen molar-refractivity contribution in [2.24, 2.45) is 0 Å². The van der Waals surface area contributed by atoms with Crippen LogP contribution in [0.15, 0.2) is 0 Å². The smallest absolute Gasteiger partial charge is 0.156 e. The van der Waals surface area contributed by atoms with Gasteiger partial charge < -0.3 is 0 Å². The van der Waals surface area contributed by atoms with Crippen LogP contribution in [0.2, 0.25) is 0 Å². The molecule has 1 aliphatic carbocycles. The Bertz CT molecular complexity index is 530. The van der Waals surface area contributed by atoms with E-state index >= 15 is 0 Å². The number of ketones is 1. The van der Waals surface area contributed by atoms with Gasteiger partial charge in [-0.2, -0.15) is 0 Å². The number of rotatable bonds is 4. The van der Waals surface area contributed by atoms with Gasteiger partial charge in [-0.15, -0.1) is 21.5 Å². The Morgan fingerprint density at radius 3 is 2.55 bits per heavy atom. The molecular weight excluding hydrogens is 294 g/mol. The van der Waals surface area contributed by atoms with Crippen molar-refractivity contribution in [3.63, 3.8) is 0 Å². The molecule has 0 N–H and O–H groups in total. The van der Waals surface area contributed by atoms with Crippen molar-refractivity contribution < 1.29 is 4.79 Å². The average molecular weight is 321 g/mol. The van der Waals surface area contributed by atoms with Gasteiger partial charge in [-0.1, -0.05) is 33.6 Å². The molecular formula is C17H27N3OS. The van der Waals surface area contributed by atoms with E-state index in [0.29, 0.717) is 18.2 Å². The summed E-state index contributed by atoms with van der Waals surface area (Å²) in [4.78, 5) is 15.3. The zero-order chi connectivity index (χ0) is 15.7. The van der Waals surface area contributed by atoms with Crippen molar-refractivity contribution in [1.82, 2.24) is 15.1 Å². The van der Waals surface area contributed by atoms with E-state index in [1.807, 2.05) is 0 Å². The Morgan fingerprint density at radius 2 is 1.95 bits per heavy atom. The highest BCUT2D eigenvalue weighted by Gasteiger charge is 2.36. The van der Waals surface area contributed by atoms with E-state index in [0.717, 1.165) is 23.0 Å². The molecule has 1 saturated carbocycles. The summed E-state index contributed by atoms with van der Waals surface area (Å²) in [6.45, 7) is 7.51. The third-order valence-corrected chi connectivity index (χ3v) is 6.24. The van der Waals surface area contributed by atoms with Crippen molar-refractivity contribution in [2.45, 2.75) is 83.2 Å². The third kappa shape index (κ3) is 3.40. The largest absolute Gasteiger partial charge is 0.297 e. The van der Waals surface area contributed by atoms with Crippen molar-refractivity contribution in [3.8, 4) is 0 Å². The zero-order valence-electron chi connectivity index (χ0n) is 14.0. The summed E-state index contributed by atoms with van der Waals surface area (Å²) in [5, 5.41) is 10.4. The standard InChI is InChI=1S/C17H27N3OS/c1-17(2,3)16-19-18-15(22-16)11-14(21)13-9-4-5-10-20(13)12-7-6-8-12/h12-13H,4-11H2,1-3H3/t13-/m0/s1. The SMILES string of the molecule is CC(C)(C)c1nnc(CC(=O)[C@@H]2CCCCN2C2CCC2)s1. The third-order valence-electron chi connectivity index (χ3n) is 4.89. The summed E-state index contributed by atoms with van der Waals surface area (Å²) < 4.78 is 0. The molecule has 22 heavy (non-hydrogen) atoms. The van der Waals surface area contributed by atoms with Gasteiger partial charge in [0, 0.05) is 11.5 Å². The molecule has 0 amide bonds. The Kier molecular flexibility index (Phi) is 4.64. The first-order valence-electron chi connectivity index (χ1n) is 8.56. The van der Waals surface area contributed by atoms with E-state index in [4.69, 9.17) is 0 Å². The average Bonchev–Trinajstić information content (AvgIpc) is 2.86. The lowest BCUT2D eigenvalue weighted by atomic mass is 9.86. The molecule has 1 aromatic rings. The second-order valence-electron chi connectivity index (χ2n) is 7.73. The predicted octanol–water partition coefficient (Wildman–Crippen LogP) is 3.35. The van der Waals surface area contributed by atoms with E-state index in [1.165, 1.54) is 32.1 Å². The maximum absolute atomic E-state index is 12.8. The zero-order valence-corrected chi connectivity index (χ0v) is 14.8. The second-order valence-corrected chi connectivity index (χ2v) is 8.79. The second kappa shape index (κ2) is 6.36. The molecule has 1 aliphatic heterocycles. The molecule has 0 aromatic carbocycles. The topological polar surface area (TPSA) is 46.1 Å². The fourth-order valence-electron chi connectivity index (χ4n) is 3.35. The number of likely N-dealkylation sites (tertiary alicyclic amines) is 1. The summed E-state index contributed by atoms with van der Waals surface area (Å²) in [7, 11) is 0. The number of Topliss-reactive ketones (excluding diaryl/α,β-unsaturated/α-hetero) is 1. The molecule has 0 spiro atoms. The quantitative estimate of drug-likeness (QED) is 0.853. The van der Waals surface area contributed by atoms with Crippen LogP contribution in [-0.2, 0) is 16.6 Å². The van der Waals surface area contributed by atoms with Gasteiger partial charge in [-0.05, 0) is 32.2 Å². The first kappa shape index (κ1) is 16.1. The number of aromatic nitrogens is 2. The minimum Gasteiger partial charge on any atom is -0.297 e. The number of nitrogens with zero attached hydrogens (tertiary/aromatic N) is 3. The highest BCUT2D eigenvalue weighted by molar-refractivity contribution is 7.11. The van der Waals surface area contributed by atoms with Crippen LogP contribution in [0.1, 0.15) is 69.3 Å². The molecule has 0 radical (unpaired) electrons. The molecule has 122 valence electrons. The van der Waals surface area contributed by atoms with Crippen LogP contribution in [0.4, 0.5) is 0 Å². The Balaban J connectivity index is 1.66. The Hall–Kier alpha value is -0.810. The van der Waals surface area contributed by atoms with Crippen molar-refractivity contribution in [2.75, 3.05) is 6.54 Å². The summed E-state index contributed by atoms with van der Waals surface area (Å²) in [6.07, 6.45) is 7.79. The normalized spacial score (nSPS) is 24.2. The molecule has 0 unspecified atom stereocenters. The van der Waals surface area contributed by atoms with Crippen LogP contribution in [-0.4, -0.2) is 39.5 Å². The number of carbonyl (C=O) groups excluding carboxylic acids is 1. The molecule has 3 rings (SSSR count). The summed E-state index contributed by atoms with van der Waals surface area (Å²) in [6, 6.07) is 0.787. The van der Waals surface area contributed by atoms with Crippen LogP contribution < -0.4 is 0 Å². The number of hydrogen-bond acceptors (Lipinski definition) is 5. The maximum atomic E-state index is 12.8. The van der Waals surface area contributed by atoms with Crippen LogP contribution >= 0.6 is 11.3 Å². The van der Waals surface area contributed by atoms with Crippen LogP contribution in [0, 0.1) is 0 Å². The summed E-state index contributed by atoms with van der Waals surface area (Å²) in [5.41, 5.74) is 0.0156. The van der Waals surface area contributed by atoms with E-state index in [9.17, 15) is 4.79 Å². The van der Waals surface area contributed by atoms with Gasteiger partial charge in [-0.25, -0.2) is 0 Å². The van der Waals surface area contributed by atoms with Crippen LogP contribution in [0.5, 0.6) is 0 Å². The predicted molar refractivity (Wildman–Crippen MR) is 89.3 cm³/mol. The van der Waals surface area contributed by atoms with Gasteiger partial charge in [0.05, 0.1) is 12.5 Å². The van der Waals surface area contributed by atoms with Crippen LogP contribution in [0.25, 0.3) is 0 Å². The van der Waals surface area contributed by atoms with Gasteiger partial charge in [-0.3, -0.25) is 9.69 Å². The van der Waals surface area contributed by atoms with E-state index in [2.05, 4.69) is 35.9 Å². The Labute approximate surface area is 137 Å². The lowest BCUT2D eigenvalue weighted by Crippen LogP contribution is -2.52. The van der Waals surface area contributed by atoms with Crippen molar-refractivity contribution in [3.05, 3.63) is 10.0 Å². The van der Waals surface area contributed by atoms with Crippen molar-refractivity contribution >= 4 is 17.1 Å². The minimum atomic E-state index is 0.0156. The molecule has 0 bridgehead atoms. The van der Waals surface area contributed by atoms with E-state index in [1.54, 1.807) is 11.3 Å². The molecule has 2 fully saturated rings. The number of hydrogen-bond donors (Lipinski definition) is 0. The lowest BCUT2D eigenvalue weighted by molar-refractivity contribution is -0.126. The minimum absolute atomic E-state index is 0.0156. The molecule has 1 atom stereocenters. The van der Waals surface area contributed by atoms with E-state index < -0.39 is 0 Å². The van der Waals surface area contributed by atoms with Gasteiger partial charge in [0.2, 0.25) is 0 Å². The fraction of sp³-hybridized carbons (Fsp3) is 0.824. The van der Waals surface area contributed by atoms with Gasteiger partial charge in [0.25, 0.3) is 0 Å². The molecule has 2 aliphatic rings. The first-order chi connectivity index (χ1) is 10.4. The molecule has 1 saturated heterocycles. The molecule has 5 heteroatoms. The molecule has 1 aromatic heterocycles. The van der Waals surface area contributed by atoms with Gasteiger partial charge >= 0.3 is 0 Å². The maximum Gasteiger partial charge on any atom is 0.156 e. The van der Waals surface area contributed by atoms with E-state index in [-0.39, 0.29) is 11.5 Å². The highest BCUT2D eigenvalue weighted by atomic mass is 32.1. The number of carbonyl (C=O) groups is 1.